The number of piperazine rings is 1. The number of aromatic nitrogens is 2. The second-order valence-electron chi connectivity index (χ2n) is 15.8. The van der Waals surface area contributed by atoms with E-state index in [0.717, 1.165) is 29.5 Å². The van der Waals surface area contributed by atoms with Crippen molar-refractivity contribution < 1.29 is 31.5 Å². The van der Waals surface area contributed by atoms with Gasteiger partial charge in [-0.05, 0) is 111 Å². The molecular weight excluding hydrogens is 752 g/mol. The number of hydrogen-bond donors (Lipinski definition) is 3. The van der Waals surface area contributed by atoms with E-state index in [-0.39, 0.29) is 36.1 Å². The third kappa shape index (κ3) is 9.56. The Hall–Kier alpha value is -4.02. The molecule has 2 aromatic carbocycles. The van der Waals surface area contributed by atoms with Gasteiger partial charge in [0.2, 0.25) is 17.8 Å². The summed E-state index contributed by atoms with van der Waals surface area (Å²) in [7, 11) is 0. The topological polar surface area (TPSA) is 106 Å². The lowest BCUT2D eigenvalue weighted by Gasteiger charge is -2.41. The highest BCUT2D eigenvalue weighted by atomic mass is 32.2. The number of piperidine rings is 2. The lowest BCUT2D eigenvalue weighted by atomic mass is 9.83. The molecule has 2 amide bonds. The number of nitrogens with one attached hydrogen (secondary N) is 3. The first-order valence-electron chi connectivity index (χ1n) is 19.5. The lowest BCUT2D eigenvalue weighted by molar-refractivity contribution is -0.138. The van der Waals surface area contributed by atoms with Crippen molar-refractivity contribution in [2.24, 2.45) is 5.92 Å². The Balaban J connectivity index is 0.865. The fraction of sp³-hybridized carbons (Fsp3) is 0.550. The van der Waals surface area contributed by atoms with Gasteiger partial charge < -0.3 is 15.1 Å². The van der Waals surface area contributed by atoms with Gasteiger partial charge in [0, 0.05) is 75.1 Å². The van der Waals surface area contributed by atoms with Crippen LogP contribution in [0.2, 0.25) is 0 Å². The number of imide groups is 1. The molecule has 1 aliphatic carbocycles. The fourth-order valence-electron chi connectivity index (χ4n) is 8.33. The monoisotopic (exact) mass is 800 g/mol. The molecule has 10 nitrogen and oxygen atoms in total. The highest BCUT2D eigenvalue weighted by molar-refractivity contribution is 7.97. The third-order valence-corrected chi connectivity index (χ3v) is 12.5. The summed E-state index contributed by atoms with van der Waals surface area (Å²) in [4.78, 5) is 38.8. The number of amides is 2. The van der Waals surface area contributed by atoms with Gasteiger partial charge in [-0.3, -0.25) is 24.5 Å². The van der Waals surface area contributed by atoms with Crippen molar-refractivity contribution in [2.75, 3.05) is 60.9 Å². The number of carbonyl (C=O) groups excluding carboxylic acids is 2. The lowest BCUT2D eigenvalue weighted by Crippen LogP contribution is -2.52. The van der Waals surface area contributed by atoms with E-state index in [0.29, 0.717) is 94.9 Å². The number of benzene rings is 2. The van der Waals surface area contributed by atoms with Gasteiger partial charge in [0.1, 0.15) is 22.9 Å². The summed E-state index contributed by atoms with van der Waals surface area (Å²) >= 11 is 1.48. The van der Waals surface area contributed by atoms with Gasteiger partial charge in [-0.2, -0.15) is 18.2 Å². The summed E-state index contributed by atoms with van der Waals surface area (Å²) < 4.78 is 76.4. The predicted molar refractivity (Wildman–Crippen MR) is 207 cm³/mol. The first-order valence-corrected chi connectivity index (χ1v) is 20.3. The predicted octanol–water partition coefficient (Wildman–Crippen LogP) is 7.51. The van der Waals surface area contributed by atoms with Crippen molar-refractivity contribution in [3.63, 3.8) is 0 Å². The van der Waals surface area contributed by atoms with Crippen LogP contribution in [-0.4, -0.2) is 84.2 Å². The maximum absolute atomic E-state index is 16.1. The number of anilines is 4. The number of aryl methyl sites for hydroxylation is 1. The van der Waals surface area contributed by atoms with Crippen LogP contribution >= 0.6 is 11.9 Å². The highest BCUT2D eigenvalue weighted by Crippen LogP contribution is 2.38. The molecule has 16 heteroatoms. The Morgan fingerprint density at radius 2 is 1.75 bits per heavy atom. The second-order valence-corrected chi connectivity index (χ2v) is 16.8. The van der Waals surface area contributed by atoms with Crippen LogP contribution in [0.15, 0.2) is 47.5 Å². The molecular formula is C40H49F5N8O2S. The van der Waals surface area contributed by atoms with Crippen LogP contribution in [0.25, 0.3) is 0 Å². The minimum absolute atomic E-state index is 0.0904. The van der Waals surface area contributed by atoms with E-state index in [9.17, 15) is 22.8 Å². The molecule has 3 N–H and O–H groups in total. The molecule has 2 unspecified atom stereocenters. The standard InChI is InChI=1S/C40H49F5N8O2S/c1-25-4-3-15-53(23-25)36-31(40(43,44)45)22-46-38(49-36)47-33-8-6-29(20-26(33)2)56-50-28-11-13-39(42,14-12-28)24-51-16-18-52(19-17-51)34-9-5-27(21-32(34)41)30-7-10-35(54)48-37(30)55/h5-6,8-9,20-22,25,28,30,50H,3-4,7,10-19,23-24H2,1-2H3,(H,46,47,49)(H,48,54,55). The fourth-order valence-corrected chi connectivity index (χ4v) is 9.24. The number of rotatable bonds is 10. The average Bonchev–Trinajstić information content (AvgIpc) is 3.15. The number of hydrogen-bond acceptors (Lipinski definition) is 10. The van der Waals surface area contributed by atoms with Crippen LogP contribution < -0.4 is 25.2 Å². The molecule has 3 aromatic rings. The van der Waals surface area contributed by atoms with E-state index in [4.69, 9.17) is 0 Å². The molecule has 4 fully saturated rings. The number of nitrogens with zero attached hydrogens (tertiary/aromatic N) is 5. The Morgan fingerprint density at radius 1 is 0.982 bits per heavy atom. The van der Waals surface area contributed by atoms with Crippen molar-refractivity contribution in [3.8, 4) is 0 Å². The van der Waals surface area contributed by atoms with Gasteiger partial charge in [0.15, 0.2) is 0 Å². The summed E-state index contributed by atoms with van der Waals surface area (Å²) in [6.45, 7) is 7.69. The van der Waals surface area contributed by atoms with Crippen LogP contribution in [0.5, 0.6) is 0 Å². The zero-order chi connectivity index (χ0) is 39.6. The Kier molecular flexibility index (Phi) is 12.1. The smallest absolute Gasteiger partial charge is 0.367 e. The molecule has 7 rings (SSSR count). The van der Waals surface area contributed by atoms with Gasteiger partial charge >= 0.3 is 6.18 Å². The Bertz CT molecular complexity index is 1900. The molecule has 3 saturated heterocycles. The largest absolute Gasteiger partial charge is 0.421 e. The van der Waals surface area contributed by atoms with Gasteiger partial charge in [-0.1, -0.05) is 13.0 Å². The Morgan fingerprint density at radius 3 is 2.43 bits per heavy atom. The van der Waals surface area contributed by atoms with Crippen LogP contribution in [0.4, 0.5) is 45.1 Å². The minimum atomic E-state index is -4.56. The SMILES string of the molecule is Cc1cc(SNC2CCC(F)(CN3CCN(c4ccc(C5CCC(=O)NC5=O)cc4F)CC3)CC2)ccc1Nc1ncc(C(F)(F)F)c(N2CCCC(C)C2)n1. The maximum atomic E-state index is 16.1. The molecule has 0 radical (unpaired) electrons. The van der Waals surface area contributed by atoms with Crippen LogP contribution in [0, 0.1) is 18.7 Å². The molecule has 3 aliphatic heterocycles. The summed E-state index contributed by atoms with van der Waals surface area (Å²) in [6.07, 6.45) is 0.952. The zero-order valence-electron chi connectivity index (χ0n) is 31.7. The molecule has 56 heavy (non-hydrogen) atoms. The third-order valence-electron chi connectivity index (χ3n) is 11.5. The van der Waals surface area contributed by atoms with Crippen LogP contribution in [-0.2, 0) is 15.8 Å². The van der Waals surface area contributed by atoms with Crippen LogP contribution in [0.3, 0.4) is 0 Å². The van der Waals surface area contributed by atoms with E-state index in [1.807, 2.05) is 36.9 Å². The molecule has 0 spiro atoms. The maximum Gasteiger partial charge on any atom is 0.421 e. The first kappa shape index (κ1) is 40.2. The van der Waals surface area contributed by atoms with Gasteiger partial charge in [-0.25, -0.2) is 13.8 Å². The minimum Gasteiger partial charge on any atom is -0.367 e. The quantitative estimate of drug-likeness (QED) is 0.108. The summed E-state index contributed by atoms with van der Waals surface area (Å²) in [5.41, 5.74) is 0.475. The van der Waals surface area contributed by atoms with Crippen molar-refractivity contribution in [3.05, 3.63) is 65.1 Å². The zero-order valence-corrected chi connectivity index (χ0v) is 32.5. The molecule has 0 bridgehead atoms. The number of alkyl halides is 4. The molecule has 1 aromatic heterocycles. The molecule has 4 aliphatic rings. The van der Waals surface area contributed by atoms with E-state index >= 15 is 8.78 Å². The Labute approximate surface area is 328 Å². The van der Waals surface area contributed by atoms with E-state index in [1.54, 1.807) is 17.0 Å². The van der Waals surface area contributed by atoms with Crippen molar-refractivity contribution in [1.82, 2.24) is 24.9 Å². The van der Waals surface area contributed by atoms with Crippen LogP contribution in [0.1, 0.15) is 80.9 Å². The summed E-state index contributed by atoms with van der Waals surface area (Å²) in [5, 5.41) is 5.44. The number of carbonyl (C=O) groups is 2. The van der Waals surface area contributed by atoms with Gasteiger partial charge in [0.25, 0.3) is 0 Å². The average molecular weight is 801 g/mol. The molecule has 2 atom stereocenters. The van der Waals surface area contributed by atoms with Crippen molar-refractivity contribution >= 4 is 46.9 Å². The van der Waals surface area contributed by atoms with E-state index in [2.05, 4.69) is 30.2 Å². The van der Waals surface area contributed by atoms with Crippen molar-refractivity contribution in [1.29, 1.82) is 0 Å². The molecule has 302 valence electrons. The summed E-state index contributed by atoms with van der Waals surface area (Å²) in [5.74, 6) is -1.35. The van der Waals surface area contributed by atoms with E-state index in [1.165, 1.54) is 18.0 Å². The first-order chi connectivity index (χ1) is 26.7. The van der Waals surface area contributed by atoms with Gasteiger partial charge in [-0.15, -0.1) is 0 Å². The molecule has 1 saturated carbocycles. The normalized spacial score (nSPS) is 25.3. The van der Waals surface area contributed by atoms with Crippen molar-refractivity contribution in [2.45, 2.75) is 93.9 Å². The second kappa shape index (κ2) is 16.8. The highest BCUT2D eigenvalue weighted by Gasteiger charge is 2.39. The number of halogens is 5. The van der Waals surface area contributed by atoms with E-state index < -0.39 is 35.1 Å². The molecule has 4 heterocycles. The van der Waals surface area contributed by atoms with Gasteiger partial charge in [0.05, 0.1) is 11.6 Å². The summed E-state index contributed by atoms with van der Waals surface area (Å²) in [6, 6.07) is 10.8.